The van der Waals surface area contributed by atoms with Crippen LogP contribution in [0, 0.1) is 6.92 Å². The molecule has 0 radical (unpaired) electrons. The molecule has 1 N–H and O–H groups in total. The topological polar surface area (TPSA) is 83.0 Å². The second-order valence-electron chi connectivity index (χ2n) is 7.62. The van der Waals surface area contributed by atoms with E-state index in [1.165, 1.54) is 4.90 Å². The number of nitrogens with zero attached hydrogens (tertiary/aromatic N) is 3. The molecule has 0 saturated carbocycles. The molecule has 7 nitrogen and oxygen atoms in total. The van der Waals surface area contributed by atoms with Crippen LogP contribution in [-0.2, 0) is 9.59 Å². The first-order chi connectivity index (χ1) is 14.3. The summed E-state index contributed by atoms with van der Waals surface area (Å²) < 4.78 is 5.23. The van der Waals surface area contributed by atoms with Crippen molar-refractivity contribution >= 4 is 17.4 Å². The summed E-state index contributed by atoms with van der Waals surface area (Å²) in [6, 6.07) is 8.09. The second kappa shape index (κ2) is 9.09. The number of hydrogen-bond donors (Lipinski definition) is 1. The first kappa shape index (κ1) is 21.5. The normalized spacial score (nSPS) is 18.3. The van der Waals surface area contributed by atoms with Crippen LogP contribution in [0.1, 0.15) is 29.2 Å². The van der Waals surface area contributed by atoms with Gasteiger partial charge in [-0.3, -0.25) is 14.6 Å². The van der Waals surface area contributed by atoms with Crippen molar-refractivity contribution < 1.29 is 19.4 Å². The van der Waals surface area contributed by atoms with Crippen LogP contribution in [0.2, 0.25) is 0 Å². The van der Waals surface area contributed by atoms with E-state index >= 15 is 0 Å². The zero-order valence-corrected chi connectivity index (χ0v) is 17.8. The van der Waals surface area contributed by atoms with Crippen LogP contribution in [0.3, 0.4) is 0 Å². The van der Waals surface area contributed by atoms with E-state index in [0.717, 1.165) is 12.1 Å². The molecule has 30 heavy (non-hydrogen) atoms. The van der Waals surface area contributed by atoms with Crippen LogP contribution in [0.25, 0.3) is 5.76 Å². The highest BCUT2D eigenvalue weighted by molar-refractivity contribution is 6.46. The molecular formula is C23H27N3O4. The van der Waals surface area contributed by atoms with Crippen molar-refractivity contribution in [3.05, 3.63) is 65.0 Å². The Balaban J connectivity index is 2.09. The van der Waals surface area contributed by atoms with Gasteiger partial charge in [0.25, 0.3) is 11.7 Å². The van der Waals surface area contributed by atoms with Gasteiger partial charge in [0.1, 0.15) is 11.5 Å². The minimum atomic E-state index is -0.679. The predicted molar refractivity (Wildman–Crippen MR) is 114 cm³/mol. The summed E-state index contributed by atoms with van der Waals surface area (Å²) in [5, 5.41) is 11.1. The molecule has 1 amide bonds. The van der Waals surface area contributed by atoms with E-state index in [0.29, 0.717) is 29.8 Å². The Bertz CT molecular complexity index is 970. The van der Waals surface area contributed by atoms with Gasteiger partial charge in [0.2, 0.25) is 0 Å². The number of carbonyl (C=O) groups excluding carboxylic acids is 2. The Morgan fingerprint density at radius 3 is 2.63 bits per heavy atom. The van der Waals surface area contributed by atoms with Gasteiger partial charge in [-0.1, -0.05) is 6.07 Å². The monoisotopic (exact) mass is 409 g/mol. The molecule has 0 spiro atoms. The average molecular weight is 409 g/mol. The number of likely N-dealkylation sites (tertiary alicyclic amines) is 1. The fraction of sp³-hybridized carbons (Fsp3) is 0.348. The van der Waals surface area contributed by atoms with Crippen molar-refractivity contribution in [2.75, 3.05) is 34.3 Å². The number of benzene rings is 1. The Hall–Kier alpha value is -3.19. The summed E-state index contributed by atoms with van der Waals surface area (Å²) in [5.74, 6) is -0.814. The van der Waals surface area contributed by atoms with E-state index in [-0.39, 0.29) is 11.3 Å². The van der Waals surface area contributed by atoms with Gasteiger partial charge >= 0.3 is 0 Å². The number of aromatic nitrogens is 1. The summed E-state index contributed by atoms with van der Waals surface area (Å²) in [7, 11) is 5.48. The van der Waals surface area contributed by atoms with Gasteiger partial charge in [0.05, 0.1) is 18.7 Å². The van der Waals surface area contributed by atoms with Crippen molar-refractivity contribution in [3.8, 4) is 5.75 Å². The van der Waals surface area contributed by atoms with E-state index in [4.69, 9.17) is 4.74 Å². The van der Waals surface area contributed by atoms with Crippen LogP contribution < -0.4 is 4.74 Å². The predicted octanol–water partition coefficient (Wildman–Crippen LogP) is 2.77. The molecule has 7 heteroatoms. The van der Waals surface area contributed by atoms with Crippen LogP contribution in [0.4, 0.5) is 0 Å². The second-order valence-corrected chi connectivity index (χ2v) is 7.62. The molecule has 158 valence electrons. The number of carbonyl (C=O) groups is 2. The first-order valence-electron chi connectivity index (χ1n) is 9.83. The average Bonchev–Trinajstić information content (AvgIpc) is 2.98. The Kier molecular flexibility index (Phi) is 6.52. The zero-order chi connectivity index (χ0) is 21.8. The number of hydrogen-bond acceptors (Lipinski definition) is 6. The number of amides is 1. The third-order valence-electron chi connectivity index (χ3n) is 5.23. The van der Waals surface area contributed by atoms with E-state index in [2.05, 4.69) is 4.98 Å². The number of ether oxygens (including phenoxy) is 1. The van der Waals surface area contributed by atoms with Gasteiger partial charge in [-0.2, -0.15) is 0 Å². The summed E-state index contributed by atoms with van der Waals surface area (Å²) in [6.45, 7) is 3.00. The van der Waals surface area contributed by atoms with E-state index in [1.807, 2.05) is 32.0 Å². The fourth-order valence-electron chi connectivity index (χ4n) is 3.73. The van der Waals surface area contributed by atoms with Gasteiger partial charge in [0.15, 0.2) is 0 Å². The molecule has 1 aromatic carbocycles. The first-order valence-corrected chi connectivity index (χ1v) is 9.83. The Morgan fingerprint density at radius 2 is 2.03 bits per heavy atom. The maximum absolute atomic E-state index is 13.0. The number of aliphatic hydroxyl groups excluding tert-OH is 1. The standard InChI is InChI=1S/C23H27N3O4/c1-15-13-17(30-4)8-9-18(15)21(27)19-20(16-7-5-10-24-14-16)26(23(29)22(19)28)12-6-11-25(2)3/h5,7-10,13-14,20,27H,6,11-12H2,1-4H3/b21-19+/t20-/m0/s1. The molecule has 2 heterocycles. The third kappa shape index (κ3) is 4.21. The summed E-state index contributed by atoms with van der Waals surface area (Å²) in [6.07, 6.45) is 3.97. The highest BCUT2D eigenvalue weighted by Gasteiger charge is 2.46. The number of rotatable bonds is 7. The van der Waals surface area contributed by atoms with Gasteiger partial charge < -0.3 is 19.6 Å². The van der Waals surface area contributed by atoms with Crippen molar-refractivity contribution in [1.29, 1.82) is 0 Å². The maximum atomic E-state index is 13.0. The van der Waals surface area contributed by atoms with Crippen molar-refractivity contribution in [1.82, 2.24) is 14.8 Å². The number of ketones is 1. The lowest BCUT2D eigenvalue weighted by molar-refractivity contribution is -0.139. The maximum Gasteiger partial charge on any atom is 0.295 e. The summed E-state index contributed by atoms with van der Waals surface area (Å²) in [5.41, 5.74) is 2.02. The Morgan fingerprint density at radius 1 is 1.27 bits per heavy atom. The molecule has 3 rings (SSSR count). The summed E-state index contributed by atoms with van der Waals surface area (Å²) in [4.78, 5) is 33.6. The zero-order valence-electron chi connectivity index (χ0n) is 17.8. The van der Waals surface area contributed by atoms with E-state index < -0.39 is 17.7 Å². The Labute approximate surface area is 176 Å². The molecule has 2 aromatic rings. The van der Waals surface area contributed by atoms with Gasteiger partial charge in [0, 0.05) is 24.5 Å². The molecule has 0 aliphatic carbocycles. The van der Waals surface area contributed by atoms with Crippen molar-refractivity contribution in [2.45, 2.75) is 19.4 Å². The summed E-state index contributed by atoms with van der Waals surface area (Å²) >= 11 is 0. The molecule has 1 atom stereocenters. The lowest BCUT2D eigenvalue weighted by Gasteiger charge is -2.25. The lowest BCUT2D eigenvalue weighted by atomic mass is 9.94. The molecule has 1 aliphatic heterocycles. The molecule has 1 aliphatic rings. The van der Waals surface area contributed by atoms with Crippen molar-refractivity contribution in [3.63, 3.8) is 0 Å². The van der Waals surface area contributed by atoms with Crippen molar-refractivity contribution in [2.24, 2.45) is 0 Å². The smallest absolute Gasteiger partial charge is 0.295 e. The highest BCUT2D eigenvalue weighted by atomic mass is 16.5. The minimum Gasteiger partial charge on any atom is -0.507 e. The fourth-order valence-corrected chi connectivity index (χ4v) is 3.73. The van der Waals surface area contributed by atoms with Crippen LogP contribution >= 0.6 is 0 Å². The van der Waals surface area contributed by atoms with Crippen LogP contribution in [0.5, 0.6) is 5.75 Å². The van der Waals surface area contributed by atoms with Gasteiger partial charge in [-0.15, -0.1) is 0 Å². The highest BCUT2D eigenvalue weighted by Crippen LogP contribution is 2.39. The molecule has 1 fully saturated rings. The molecule has 1 aromatic heterocycles. The molecular weight excluding hydrogens is 382 g/mol. The minimum absolute atomic E-state index is 0.0890. The lowest BCUT2D eigenvalue weighted by Crippen LogP contribution is -2.32. The van der Waals surface area contributed by atoms with E-state index in [9.17, 15) is 14.7 Å². The quantitative estimate of drug-likeness (QED) is 0.430. The van der Waals surface area contributed by atoms with Crippen LogP contribution in [-0.4, -0.2) is 65.9 Å². The van der Waals surface area contributed by atoms with E-state index in [1.54, 1.807) is 43.8 Å². The molecule has 0 bridgehead atoms. The molecule has 0 unspecified atom stereocenters. The van der Waals surface area contributed by atoms with Crippen LogP contribution in [0.15, 0.2) is 48.3 Å². The van der Waals surface area contributed by atoms with Gasteiger partial charge in [-0.25, -0.2) is 0 Å². The number of Topliss-reactive ketones (excluding diaryl/α,β-unsaturated/α-hetero) is 1. The number of pyridine rings is 1. The third-order valence-corrected chi connectivity index (χ3v) is 5.23. The number of aryl methyl sites for hydroxylation is 1. The largest absolute Gasteiger partial charge is 0.507 e. The molecule has 1 saturated heterocycles. The SMILES string of the molecule is COc1ccc(/C(O)=C2\C(=O)C(=O)N(CCCN(C)C)[C@H]2c2cccnc2)c(C)c1. The van der Waals surface area contributed by atoms with Gasteiger partial charge in [-0.05, 0) is 69.4 Å². The number of aliphatic hydroxyl groups is 1. The number of methoxy groups -OCH3 is 1.